The van der Waals surface area contributed by atoms with Crippen LogP contribution in [0.1, 0.15) is 37.5 Å². The molecule has 0 unspecified atom stereocenters. The van der Waals surface area contributed by atoms with Crippen molar-refractivity contribution in [2.45, 2.75) is 46.6 Å². The molecular weight excluding hydrogens is 348 g/mol. The van der Waals surface area contributed by atoms with Crippen molar-refractivity contribution in [3.05, 3.63) is 71.3 Å². The number of carbonyl (C=O) groups excluding carboxylic acids is 2. The van der Waals surface area contributed by atoms with Crippen molar-refractivity contribution in [2.24, 2.45) is 5.92 Å². The highest BCUT2D eigenvalue weighted by Crippen LogP contribution is 2.11. The molecule has 0 saturated heterocycles. The van der Waals surface area contributed by atoms with E-state index in [2.05, 4.69) is 19.2 Å². The van der Waals surface area contributed by atoms with Crippen molar-refractivity contribution < 1.29 is 9.59 Å². The van der Waals surface area contributed by atoms with Crippen molar-refractivity contribution in [3.8, 4) is 0 Å². The highest BCUT2D eigenvalue weighted by Gasteiger charge is 2.25. The number of rotatable bonds is 9. The maximum atomic E-state index is 13.1. The van der Waals surface area contributed by atoms with Crippen LogP contribution >= 0.6 is 0 Å². The quantitative estimate of drug-likeness (QED) is 0.720. The highest BCUT2D eigenvalue weighted by molar-refractivity contribution is 5.88. The zero-order valence-corrected chi connectivity index (χ0v) is 17.4. The number of aryl methyl sites for hydroxylation is 1. The largest absolute Gasteiger partial charge is 0.354 e. The molecule has 2 amide bonds. The Balaban J connectivity index is 2.11. The number of carbonyl (C=O) groups is 2. The molecule has 4 heteroatoms. The van der Waals surface area contributed by atoms with Crippen molar-refractivity contribution in [1.82, 2.24) is 10.2 Å². The molecule has 28 heavy (non-hydrogen) atoms. The molecule has 0 saturated carbocycles. The fraction of sp³-hybridized carbons (Fsp3) is 0.417. The lowest BCUT2D eigenvalue weighted by molar-refractivity contribution is -0.139. The molecule has 0 spiro atoms. The summed E-state index contributed by atoms with van der Waals surface area (Å²) in [6.45, 7) is 9.08. The van der Waals surface area contributed by atoms with E-state index in [9.17, 15) is 9.59 Å². The predicted molar refractivity (Wildman–Crippen MR) is 114 cm³/mol. The Morgan fingerprint density at radius 3 is 2.29 bits per heavy atom. The van der Waals surface area contributed by atoms with E-state index in [4.69, 9.17) is 0 Å². The number of benzene rings is 2. The van der Waals surface area contributed by atoms with Gasteiger partial charge in [0.05, 0.1) is 6.42 Å². The van der Waals surface area contributed by atoms with E-state index in [1.165, 1.54) is 0 Å². The maximum Gasteiger partial charge on any atom is 0.242 e. The Bertz CT molecular complexity index is 771. The molecule has 0 radical (unpaired) electrons. The summed E-state index contributed by atoms with van der Waals surface area (Å²) in [5.41, 5.74) is 3.26. The van der Waals surface area contributed by atoms with Crippen molar-refractivity contribution in [3.63, 3.8) is 0 Å². The lowest BCUT2D eigenvalue weighted by Crippen LogP contribution is -2.49. The summed E-state index contributed by atoms with van der Waals surface area (Å²) < 4.78 is 0. The first-order valence-corrected chi connectivity index (χ1v) is 10.0. The zero-order valence-electron chi connectivity index (χ0n) is 17.4. The smallest absolute Gasteiger partial charge is 0.242 e. The summed E-state index contributed by atoms with van der Waals surface area (Å²) >= 11 is 0. The van der Waals surface area contributed by atoms with Gasteiger partial charge in [-0.15, -0.1) is 0 Å². The van der Waals surface area contributed by atoms with Crippen LogP contribution in [-0.4, -0.2) is 35.8 Å². The Morgan fingerprint density at radius 1 is 0.964 bits per heavy atom. The van der Waals surface area contributed by atoms with Gasteiger partial charge >= 0.3 is 0 Å². The van der Waals surface area contributed by atoms with Crippen molar-refractivity contribution in [2.75, 3.05) is 13.1 Å². The van der Waals surface area contributed by atoms with Crippen LogP contribution in [0.4, 0.5) is 0 Å². The minimum absolute atomic E-state index is 0.0197. The van der Waals surface area contributed by atoms with E-state index in [-0.39, 0.29) is 11.8 Å². The van der Waals surface area contributed by atoms with Crippen LogP contribution in [0.15, 0.2) is 54.6 Å². The summed E-state index contributed by atoms with van der Waals surface area (Å²) in [7, 11) is 0. The number of amides is 2. The number of nitrogens with one attached hydrogen (secondary N) is 1. The average Bonchev–Trinajstić information content (AvgIpc) is 2.66. The molecule has 2 rings (SSSR count). The molecule has 1 N–H and O–H groups in total. The molecule has 0 heterocycles. The first-order chi connectivity index (χ1) is 13.4. The van der Waals surface area contributed by atoms with Gasteiger partial charge in [-0.1, -0.05) is 74.0 Å². The molecule has 0 aromatic heterocycles. The molecule has 0 aliphatic carbocycles. The van der Waals surface area contributed by atoms with Crippen LogP contribution in [-0.2, 0) is 22.4 Å². The van der Waals surface area contributed by atoms with Gasteiger partial charge in [0.2, 0.25) is 11.8 Å². The minimum Gasteiger partial charge on any atom is -0.354 e. The third-order valence-corrected chi connectivity index (χ3v) is 4.77. The van der Waals surface area contributed by atoms with Gasteiger partial charge in [-0.3, -0.25) is 9.59 Å². The van der Waals surface area contributed by atoms with E-state index in [0.717, 1.165) is 23.1 Å². The predicted octanol–water partition coefficient (Wildman–Crippen LogP) is 3.77. The number of nitrogens with zero attached hydrogens (tertiary/aromatic N) is 1. The lowest BCUT2D eigenvalue weighted by Gasteiger charge is -2.29. The first kappa shape index (κ1) is 21.7. The summed E-state index contributed by atoms with van der Waals surface area (Å²) in [5.74, 6) is 0.255. The minimum atomic E-state index is -0.500. The van der Waals surface area contributed by atoms with E-state index in [1.807, 2.05) is 68.4 Å². The summed E-state index contributed by atoms with van der Waals surface area (Å²) in [6.07, 6.45) is 1.03. The maximum absolute atomic E-state index is 13.1. The second-order valence-electron chi connectivity index (χ2n) is 7.80. The van der Waals surface area contributed by atoms with E-state index < -0.39 is 6.04 Å². The molecule has 2 aromatic rings. The Morgan fingerprint density at radius 2 is 1.64 bits per heavy atom. The Labute approximate surface area is 169 Å². The fourth-order valence-electron chi connectivity index (χ4n) is 3.12. The molecular formula is C24H32N2O2. The standard InChI is InChI=1S/C24H32N2O2/c1-18(2)17-25-24(28)20(4)26(14-13-21-10-6-5-7-11-21)23(27)16-22-12-8-9-19(3)15-22/h5-12,15,18,20H,13-14,16-17H2,1-4H3,(H,25,28)/t20-/m1/s1. The van der Waals surface area contributed by atoms with Gasteiger partial charge in [-0.05, 0) is 37.3 Å². The molecule has 150 valence electrons. The third kappa shape index (κ3) is 6.84. The number of hydrogen-bond acceptors (Lipinski definition) is 2. The normalized spacial score (nSPS) is 11.9. The molecule has 0 bridgehead atoms. The molecule has 0 aliphatic rings. The monoisotopic (exact) mass is 380 g/mol. The van der Waals surface area contributed by atoms with E-state index >= 15 is 0 Å². The summed E-state index contributed by atoms with van der Waals surface area (Å²) in [5, 5.41) is 2.96. The first-order valence-electron chi connectivity index (χ1n) is 10.0. The second kappa shape index (κ2) is 10.6. The van der Waals surface area contributed by atoms with Gasteiger partial charge in [0.1, 0.15) is 6.04 Å². The van der Waals surface area contributed by atoms with Gasteiger partial charge in [-0.2, -0.15) is 0 Å². The van der Waals surface area contributed by atoms with Crippen molar-refractivity contribution in [1.29, 1.82) is 0 Å². The van der Waals surface area contributed by atoms with Crippen LogP contribution in [0, 0.1) is 12.8 Å². The average molecular weight is 381 g/mol. The second-order valence-corrected chi connectivity index (χ2v) is 7.80. The molecule has 1 atom stereocenters. The molecule has 2 aromatic carbocycles. The van der Waals surface area contributed by atoms with Gasteiger partial charge in [0.15, 0.2) is 0 Å². The molecule has 4 nitrogen and oxygen atoms in total. The zero-order chi connectivity index (χ0) is 20.5. The fourth-order valence-corrected chi connectivity index (χ4v) is 3.12. The van der Waals surface area contributed by atoms with Gasteiger partial charge in [0.25, 0.3) is 0 Å². The lowest BCUT2D eigenvalue weighted by atomic mass is 10.1. The van der Waals surface area contributed by atoms with Crippen LogP contribution in [0.5, 0.6) is 0 Å². The van der Waals surface area contributed by atoms with Crippen LogP contribution < -0.4 is 5.32 Å². The molecule has 0 fully saturated rings. The Hall–Kier alpha value is -2.62. The van der Waals surface area contributed by atoms with Crippen LogP contribution in [0.3, 0.4) is 0 Å². The topological polar surface area (TPSA) is 49.4 Å². The summed E-state index contributed by atoms with van der Waals surface area (Å²) in [6, 6.07) is 17.5. The van der Waals surface area contributed by atoms with E-state index in [0.29, 0.717) is 25.4 Å². The SMILES string of the molecule is Cc1cccc(CC(=O)N(CCc2ccccc2)[C@H](C)C(=O)NCC(C)C)c1. The van der Waals surface area contributed by atoms with Gasteiger partial charge in [0, 0.05) is 13.1 Å². The van der Waals surface area contributed by atoms with Gasteiger partial charge < -0.3 is 10.2 Å². The number of hydrogen-bond donors (Lipinski definition) is 1. The van der Waals surface area contributed by atoms with Gasteiger partial charge in [-0.25, -0.2) is 0 Å². The third-order valence-electron chi connectivity index (χ3n) is 4.77. The molecule has 0 aliphatic heterocycles. The Kier molecular flexibility index (Phi) is 8.24. The summed E-state index contributed by atoms with van der Waals surface area (Å²) in [4.78, 5) is 27.4. The van der Waals surface area contributed by atoms with Crippen molar-refractivity contribution >= 4 is 11.8 Å². The van der Waals surface area contributed by atoms with Crippen LogP contribution in [0.2, 0.25) is 0 Å². The van der Waals surface area contributed by atoms with E-state index in [1.54, 1.807) is 4.90 Å². The highest BCUT2D eigenvalue weighted by atomic mass is 16.2. The van der Waals surface area contributed by atoms with Crippen LogP contribution in [0.25, 0.3) is 0 Å².